The van der Waals surface area contributed by atoms with E-state index in [4.69, 9.17) is 0 Å². The van der Waals surface area contributed by atoms with Crippen molar-refractivity contribution in [2.45, 2.75) is 6.17 Å². The Labute approximate surface area is 103 Å². The topological polar surface area (TPSA) is 76.7 Å². The second kappa shape index (κ2) is 6.43. The minimum Gasteiger partial charge on any atom is -0.453 e. The third kappa shape index (κ3) is 3.93. The van der Waals surface area contributed by atoms with Crippen molar-refractivity contribution in [3.8, 4) is 0 Å². The van der Waals surface area contributed by atoms with Crippen molar-refractivity contribution in [1.29, 1.82) is 0 Å². The molecule has 0 radical (unpaired) electrons. The summed E-state index contributed by atoms with van der Waals surface area (Å²) in [5.41, 5.74) is 0.479. The fourth-order valence-electron chi connectivity index (χ4n) is 1.21. The van der Waals surface area contributed by atoms with Gasteiger partial charge in [-0.05, 0) is 17.7 Å². The van der Waals surface area contributed by atoms with Crippen molar-refractivity contribution in [1.82, 2.24) is 10.6 Å². The number of halogens is 1. The largest absolute Gasteiger partial charge is 0.453 e. The van der Waals surface area contributed by atoms with Crippen molar-refractivity contribution in [3.05, 3.63) is 35.6 Å². The molecule has 18 heavy (non-hydrogen) atoms. The lowest BCUT2D eigenvalue weighted by molar-refractivity contribution is 0.153. The van der Waals surface area contributed by atoms with Gasteiger partial charge in [0.05, 0.1) is 14.2 Å². The number of ether oxygens (including phenoxy) is 2. The summed E-state index contributed by atoms with van der Waals surface area (Å²) in [4.78, 5) is 22.3. The third-order valence-corrected chi connectivity index (χ3v) is 2.10. The summed E-state index contributed by atoms with van der Waals surface area (Å²) in [6.45, 7) is 0. The van der Waals surface area contributed by atoms with E-state index in [9.17, 15) is 14.0 Å². The molecular formula is C11H13FN2O4. The molecule has 98 valence electrons. The van der Waals surface area contributed by atoms with Crippen LogP contribution < -0.4 is 10.6 Å². The molecule has 0 aliphatic rings. The van der Waals surface area contributed by atoms with Crippen molar-refractivity contribution >= 4 is 12.2 Å². The molecule has 0 unspecified atom stereocenters. The molecule has 0 aliphatic heterocycles. The van der Waals surface area contributed by atoms with Gasteiger partial charge >= 0.3 is 12.2 Å². The zero-order chi connectivity index (χ0) is 13.5. The lowest BCUT2D eigenvalue weighted by Gasteiger charge is -2.19. The van der Waals surface area contributed by atoms with Crippen LogP contribution in [-0.4, -0.2) is 26.4 Å². The smallest absolute Gasteiger partial charge is 0.408 e. The van der Waals surface area contributed by atoms with Crippen LogP contribution in [0.1, 0.15) is 11.7 Å². The van der Waals surface area contributed by atoms with Gasteiger partial charge in [-0.1, -0.05) is 12.1 Å². The Morgan fingerprint density at radius 2 is 1.50 bits per heavy atom. The van der Waals surface area contributed by atoms with Crippen LogP contribution in [0.4, 0.5) is 14.0 Å². The highest BCUT2D eigenvalue weighted by Gasteiger charge is 2.17. The van der Waals surface area contributed by atoms with Crippen LogP contribution in [0.25, 0.3) is 0 Å². The minimum atomic E-state index is -0.870. The monoisotopic (exact) mass is 256 g/mol. The normalized spacial score (nSPS) is 9.78. The van der Waals surface area contributed by atoms with Crippen molar-refractivity contribution in [2.24, 2.45) is 0 Å². The molecular weight excluding hydrogens is 243 g/mol. The van der Waals surface area contributed by atoms with Crippen LogP contribution in [0.2, 0.25) is 0 Å². The first-order valence-corrected chi connectivity index (χ1v) is 5.01. The van der Waals surface area contributed by atoms with E-state index in [1.807, 2.05) is 0 Å². The average Bonchev–Trinajstić information content (AvgIpc) is 2.38. The summed E-state index contributed by atoms with van der Waals surface area (Å²) < 4.78 is 21.6. The third-order valence-electron chi connectivity index (χ3n) is 2.10. The van der Waals surface area contributed by atoms with E-state index in [0.717, 1.165) is 0 Å². The second-order valence-corrected chi connectivity index (χ2v) is 3.26. The first-order valence-electron chi connectivity index (χ1n) is 5.01. The number of benzene rings is 1. The van der Waals surface area contributed by atoms with E-state index in [1.54, 1.807) is 0 Å². The highest BCUT2D eigenvalue weighted by molar-refractivity contribution is 5.71. The molecule has 1 aromatic rings. The molecule has 0 heterocycles. The first-order chi connectivity index (χ1) is 8.56. The van der Waals surface area contributed by atoms with Crippen LogP contribution in [0, 0.1) is 5.82 Å². The van der Waals surface area contributed by atoms with E-state index in [-0.39, 0.29) is 0 Å². The number of methoxy groups -OCH3 is 2. The number of nitrogens with one attached hydrogen (secondary N) is 2. The molecule has 0 saturated carbocycles. The molecule has 6 nitrogen and oxygen atoms in total. The number of carbonyl (C=O) groups excluding carboxylic acids is 2. The van der Waals surface area contributed by atoms with Crippen LogP contribution >= 0.6 is 0 Å². The Bertz CT molecular complexity index is 404. The lowest BCUT2D eigenvalue weighted by Crippen LogP contribution is -2.41. The highest BCUT2D eigenvalue weighted by atomic mass is 19.1. The Morgan fingerprint density at radius 1 is 1.06 bits per heavy atom. The van der Waals surface area contributed by atoms with Gasteiger partial charge in [0.15, 0.2) is 0 Å². The fraction of sp³-hybridized carbons (Fsp3) is 0.273. The van der Waals surface area contributed by atoms with Gasteiger partial charge in [-0.3, -0.25) is 10.6 Å². The molecule has 2 amide bonds. The van der Waals surface area contributed by atoms with Gasteiger partial charge in [-0.15, -0.1) is 0 Å². The van der Waals surface area contributed by atoms with Crippen LogP contribution in [-0.2, 0) is 9.47 Å². The maximum atomic E-state index is 12.8. The highest BCUT2D eigenvalue weighted by Crippen LogP contribution is 2.11. The molecule has 2 N–H and O–H groups in total. The van der Waals surface area contributed by atoms with Gasteiger partial charge in [0.2, 0.25) is 0 Å². The summed E-state index contributed by atoms with van der Waals surface area (Å²) in [6.07, 6.45) is -2.34. The Morgan fingerprint density at radius 3 is 1.89 bits per heavy atom. The van der Waals surface area contributed by atoms with Crippen LogP contribution in [0.15, 0.2) is 24.3 Å². The Hall–Kier alpha value is -2.31. The Balaban J connectivity index is 2.85. The molecule has 0 fully saturated rings. The molecule has 0 saturated heterocycles. The summed E-state index contributed by atoms with van der Waals surface area (Å²) in [6, 6.07) is 5.26. The predicted octanol–water partition coefficient (Wildman–Crippen LogP) is 1.54. The van der Waals surface area contributed by atoms with Crippen LogP contribution in [0.5, 0.6) is 0 Å². The van der Waals surface area contributed by atoms with Gasteiger partial charge in [-0.25, -0.2) is 14.0 Å². The molecule has 0 bridgehead atoms. The van der Waals surface area contributed by atoms with Gasteiger partial charge in [-0.2, -0.15) is 0 Å². The number of carbonyl (C=O) groups is 2. The van der Waals surface area contributed by atoms with E-state index in [0.29, 0.717) is 5.56 Å². The van der Waals surface area contributed by atoms with Crippen molar-refractivity contribution in [3.63, 3.8) is 0 Å². The maximum absolute atomic E-state index is 12.8. The van der Waals surface area contributed by atoms with Gasteiger partial charge in [0.25, 0.3) is 0 Å². The second-order valence-electron chi connectivity index (χ2n) is 3.26. The molecule has 0 aliphatic carbocycles. The van der Waals surface area contributed by atoms with E-state index >= 15 is 0 Å². The first kappa shape index (κ1) is 13.8. The van der Waals surface area contributed by atoms with Crippen LogP contribution in [0.3, 0.4) is 0 Å². The number of amides is 2. The number of alkyl carbamates (subject to hydrolysis) is 2. The fourth-order valence-corrected chi connectivity index (χ4v) is 1.21. The van der Waals surface area contributed by atoms with Crippen molar-refractivity contribution < 1.29 is 23.5 Å². The zero-order valence-corrected chi connectivity index (χ0v) is 9.90. The molecule has 0 spiro atoms. The predicted molar refractivity (Wildman–Crippen MR) is 60.2 cm³/mol. The number of hydrogen-bond acceptors (Lipinski definition) is 4. The van der Waals surface area contributed by atoms with Gasteiger partial charge < -0.3 is 9.47 Å². The average molecular weight is 256 g/mol. The molecule has 0 aromatic heterocycles. The summed E-state index contributed by atoms with van der Waals surface area (Å²) in [5.74, 6) is -0.423. The van der Waals surface area contributed by atoms with Gasteiger partial charge in [0.1, 0.15) is 12.0 Å². The van der Waals surface area contributed by atoms with E-state index in [2.05, 4.69) is 20.1 Å². The number of rotatable bonds is 3. The zero-order valence-electron chi connectivity index (χ0n) is 9.90. The molecule has 1 aromatic carbocycles. The Kier molecular flexibility index (Phi) is 4.91. The van der Waals surface area contributed by atoms with Crippen molar-refractivity contribution in [2.75, 3.05) is 14.2 Å². The minimum absolute atomic E-state index is 0.423. The quantitative estimate of drug-likeness (QED) is 0.804. The standard InChI is InChI=1S/C11H13FN2O4/c1-17-10(15)13-9(14-11(16)18-2)7-3-5-8(12)6-4-7/h3-6,9H,1-2H3,(H,13,15)(H,14,16). The SMILES string of the molecule is COC(=O)NC(NC(=O)OC)c1ccc(F)cc1. The van der Waals surface area contributed by atoms with E-state index in [1.165, 1.54) is 38.5 Å². The summed E-state index contributed by atoms with van der Waals surface area (Å²) >= 11 is 0. The maximum Gasteiger partial charge on any atom is 0.408 e. The summed E-state index contributed by atoms with van der Waals surface area (Å²) in [7, 11) is 2.38. The van der Waals surface area contributed by atoms with E-state index < -0.39 is 24.2 Å². The molecule has 1 rings (SSSR count). The molecule has 7 heteroatoms. The number of hydrogen-bond donors (Lipinski definition) is 2. The molecule has 0 atom stereocenters. The van der Waals surface area contributed by atoms with Gasteiger partial charge in [0, 0.05) is 0 Å². The summed E-state index contributed by atoms with van der Waals surface area (Å²) in [5, 5.41) is 4.74. The lowest BCUT2D eigenvalue weighted by atomic mass is 10.1.